The molecule has 0 aliphatic heterocycles. The van der Waals surface area contributed by atoms with Crippen molar-refractivity contribution in [2.24, 2.45) is 46.3 Å². The summed E-state index contributed by atoms with van der Waals surface area (Å²) in [5.74, 6) is 0.0546. The maximum Gasteiger partial charge on any atom is 0.227 e. The highest BCUT2D eigenvalue weighted by Gasteiger charge is 2.81. The third kappa shape index (κ3) is 5.71. The van der Waals surface area contributed by atoms with Crippen molar-refractivity contribution in [2.75, 3.05) is 40.5 Å². The van der Waals surface area contributed by atoms with Crippen molar-refractivity contribution in [3.8, 4) is 0 Å². The highest BCUT2D eigenvalue weighted by Crippen LogP contribution is 2.74. The smallest absolute Gasteiger partial charge is 0.227 e. The van der Waals surface area contributed by atoms with Gasteiger partial charge in [-0.25, -0.2) is 0 Å². The van der Waals surface area contributed by atoms with E-state index in [1.54, 1.807) is 0 Å². The minimum Gasteiger partial charge on any atom is -0.393 e. The third-order valence-corrected chi connectivity index (χ3v) is 12.4. The van der Waals surface area contributed by atoms with Crippen LogP contribution >= 0.6 is 0 Å². The maximum atomic E-state index is 10.8. The van der Waals surface area contributed by atoms with Crippen molar-refractivity contribution in [1.82, 2.24) is 4.90 Å². The van der Waals surface area contributed by atoms with Crippen molar-refractivity contribution in [3.63, 3.8) is 0 Å². The molecule has 9 atom stereocenters. The van der Waals surface area contributed by atoms with Gasteiger partial charge in [-0.1, -0.05) is 65.5 Å². The lowest BCUT2D eigenvalue weighted by atomic mass is 9.45. The largest absolute Gasteiger partial charge is 0.393 e. The molecule has 0 bridgehead atoms. The zero-order valence-electron chi connectivity index (χ0n) is 29.7. The Morgan fingerprint density at radius 3 is 1.98 bits per heavy atom. The molecule has 4 aliphatic carbocycles. The van der Waals surface area contributed by atoms with E-state index >= 15 is 0 Å². The van der Waals surface area contributed by atoms with E-state index in [1.807, 2.05) is 0 Å². The highest BCUT2D eigenvalue weighted by molar-refractivity contribution is 5.32. The van der Waals surface area contributed by atoms with Crippen LogP contribution in [0, 0.1) is 46.3 Å². The summed E-state index contributed by atoms with van der Waals surface area (Å²) in [4.78, 5) is 2.42. The van der Waals surface area contributed by atoms with Gasteiger partial charge in [-0.05, 0) is 108 Å². The first-order valence-corrected chi connectivity index (χ1v) is 17.9. The monoisotopic (exact) mass is 606 g/mol. The summed E-state index contributed by atoms with van der Waals surface area (Å²) in [6.07, 6.45) is 10.9. The van der Waals surface area contributed by atoms with Crippen LogP contribution < -0.4 is 0 Å². The summed E-state index contributed by atoms with van der Waals surface area (Å²) in [5.41, 5.74) is 1.44. The molecule has 250 valence electrons. The lowest BCUT2D eigenvalue weighted by molar-refractivity contribution is -0.423. The normalized spacial score (nSPS) is 38.9. The molecule has 0 amide bonds. The summed E-state index contributed by atoms with van der Waals surface area (Å²) < 4.78 is 28.4. The standard InChI is InChI=1S/C37H67NO5/c1-12-40-36(41-13-2)32(26(7)18-16-17-25(5)6)35(9)22-20-29-31(33(35)37(36,42-14-3)43-15-4)30(38(10)11)24-27-23-28(39)19-21-34(27,29)8/h24-26,28-33,39H,12-23H2,1-11H3/t26-,28+,29+,30?,31+,32-,33+,34+,35-/m1/s1. The first kappa shape index (κ1) is 35.4. The Hall–Kier alpha value is -0.500. The van der Waals surface area contributed by atoms with Gasteiger partial charge in [-0.2, -0.15) is 0 Å². The summed E-state index contributed by atoms with van der Waals surface area (Å²) in [5, 5.41) is 10.8. The number of fused-ring (bicyclic) bond motifs is 5. The second-order valence-electron chi connectivity index (χ2n) is 15.5. The molecule has 4 rings (SSSR count). The Morgan fingerprint density at radius 2 is 1.44 bits per heavy atom. The number of nitrogens with zero attached hydrogens (tertiary/aromatic N) is 1. The van der Waals surface area contributed by atoms with Crippen molar-refractivity contribution >= 4 is 0 Å². The minimum atomic E-state index is -1.03. The molecule has 3 saturated carbocycles. The molecule has 1 unspecified atom stereocenters. The van der Waals surface area contributed by atoms with Gasteiger partial charge in [0, 0.05) is 44.3 Å². The highest BCUT2D eigenvalue weighted by atomic mass is 16.8. The lowest BCUT2D eigenvalue weighted by Gasteiger charge is -2.62. The third-order valence-electron chi connectivity index (χ3n) is 12.4. The summed E-state index contributed by atoms with van der Waals surface area (Å²) in [6, 6.07) is 0.222. The average molecular weight is 606 g/mol. The van der Waals surface area contributed by atoms with Crippen LogP contribution in [0.15, 0.2) is 11.6 Å². The van der Waals surface area contributed by atoms with Gasteiger partial charge >= 0.3 is 0 Å². The first-order valence-electron chi connectivity index (χ1n) is 17.9. The Balaban J connectivity index is 1.98. The van der Waals surface area contributed by atoms with E-state index in [0.717, 1.165) is 32.1 Å². The fourth-order valence-electron chi connectivity index (χ4n) is 11.0. The van der Waals surface area contributed by atoms with E-state index in [2.05, 4.69) is 87.4 Å². The van der Waals surface area contributed by atoms with E-state index < -0.39 is 11.6 Å². The zero-order valence-corrected chi connectivity index (χ0v) is 29.7. The average Bonchev–Trinajstić information content (AvgIpc) is 3.10. The van der Waals surface area contributed by atoms with Crippen LogP contribution in [0.2, 0.25) is 0 Å². The summed E-state index contributed by atoms with van der Waals surface area (Å²) in [6.45, 7) is 22.7. The van der Waals surface area contributed by atoms with Crippen LogP contribution in [-0.4, -0.2) is 74.2 Å². The van der Waals surface area contributed by atoms with Crippen LogP contribution in [0.3, 0.4) is 0 Å². The molecule has 0 spiro atoms. The summed E-state index contributed by atoms with van der Waals surface area (Å²) >= 11 is 0. The molecule has 0 heterocycles. The van der Waals surface area contributed by atoms with Crippen LogP contribution in [-0.2, 0) is 18.9 Å². The number of likely N-dealkylation sites (N-methyl/N-ethyl adjacent to an activating group) is 1. The Labute approximate surface area is 264 Å². The predicted octanol–water partition coefficient (Wildman–Crippen LogP) is 7.69. The number of hydrogen-bond donors (Lipinski definition) is 1. The fraction of sp³-hybridized carbons (Fsp3) is 0.946. The number of ether oxygens (including phenoxy) is 4. The van der Waals surface area contributed by atoms with Crippen molar-refractivity contribution in [2.45, 2.75) is 137 Å². The molecule has 0 aromatic carbocycles. The summed E-state index contributed by atoms with van der Waals surface area (Å²) in [7, 11) is 4.46. The fourth-order valence-corrected chi connectivity index (χ4v) is 11.0. The molecule has 0 radical (unpaired) electrons. The maximum absolute atomic E-state index is 10.8. The quantitative estimate of drug-likeness (QED) is 0.162. The molecule has 43 heavy (non-hydrogen) atoms. The molecule has 0 aromatic heterocycles. The van der Waals surface area contributed by atoms with E-state index in [9.17, 15) is 5.11 Å². The van der Waals surface area contributed by atoms with Gasteiger partial charge < -0.3 is 29.0 Å². The van der Waals surface area contributed by atoms with Crippen LogP contribution in [0.25, 0.3) is 0 Å². The van der Waals surface area contributed by atoms with Gasteiger partial charge in [0.05, 0.1) is 6.10 Å². The van der Waals surface area contributed by atoms with Gasteiger partial charge in [0.1, 0.15) is 0 Å². The van der Waals surface area contributed by atoms with Gasteiger partial charge in [0.2, 0.25) is 11.6 Å². The Kier molecular flexibility index (Phi) is 11.3. The van der Waals surface area contributed by atoms with Gasteiger partial charge in [-0.3, -0.25) is 0 Å². The van der Waals surface area contributed by atoms with E-state index in [4.69, 9.17) is 18.9 Å². The van der Waals surface area contributed by atoms with Gasteiger partial charge in [-0.15, -0.1) is 0 Å². The molecule has 1 N–H and O–H groups in total. The molecular formula is C37H67NO5. The molecule has 0 aromatic rings. The molecular weight excluding hydrogens is 538 g/mol. The zero-order chi connectivity index (χ0) is 31.8. The van der Waals surface area contributed by atoms with Gasteiger partial charge in [0.15, 0.2) is 0 Å². The Morgan fingerprint density at radius 1 is 0.860 bits per heavy atom. The number of aliphatic hydroxyl groups excluding tert-OH is 1. The lowest BCUT2D eigenvalue weighted by Crippen LogP contribution is -2.67. The number of hydrogen-bond acceptors (Lipinski definition) is 6. The second kappa shape index (κ2) is 13.7. The minimum absolute atomic E-state index is 0.0722. The molecule has 6 nitrogen and oxygen atoms in total. The van der Waals surface area contributed by atoms with Crippen LogP contribution in [0.1, 0.15) is 114 Å². The predicted molar refractivity (Wildman–Crippen MR) is 175 cm³/mol. The van der Waals surface area contributed by atoms with Crippen molar-refractivity contribution in [3.05, 3.63) is 11.6 Å². The second-order valence-corrected chi connectivity index (χ2v) is 15.5. The van der Waals surface area contributed by atoms with Crippen molar-refractivity contribution in [1.29, 1.82) is 0 Å². The molecule has 0 saturated heterocycles. The molecule has 3 fully saturated rings. The first-order chi connectivity index (χ1) is 20.3. The topological polar surface area (TPSA) is 60.4 Å². The van der Waals surface area contributed by atoms with E-state index in [0.29, 0.717) is 50.1 Å². The van der Waals surface area contributed by atoms with Crippen molar-refractivity contribution < 1.29 is 24.1 Å². The van der Waals surface area contributed by atoms with E-state index in [-0.39, 0.29) is 34.8 Å². The molecule has 4 aliphatic rings. The Bertz CT molecular complexity index is 937. The van der Waals surface area contributed by atoms with E-state index in [1.165, 1.54) is 24.8 Å². The van der Waals surface area contributed by atoms with Crippen LogP contribution in [0.4, 0.5) is 0 Å². The van der Waals surface area contributed by atoms with Gasteiger partial charge in [0.25, 0.3) is 0 Å². The SMILES string of the molecule is CCOC1(OCC)[C@H]2[C@@H]3C(N(C)C)C=C4C[C@@H](O)CC[C@]4(C)[C@H]3CC[C@]2(C)[C@@H]([C@H](C)CCCC(C)C)C1(OCC)OCC. The number of aliphatic hydroxyl groups is 1. The van der Waals surface area contributed by atoms with Crippen LogP contribution in [0.5, 0.6) is 0 Å². The number of rotatable bonds is 14. The molecule has 6 heteroatoms.